The minimum atomic E-state index is -1.05. The molecule has 0 bridgehead atoms. The van der Waals surface area contributed by atoms with Crippen LogP contribution in [0.15, 0.2) is 42.7 Å². The molecule has 2 aromatic carbocycles. The van der Waals surface area contributed by atoms with Gasteiger partial charge in [-0.1, -0.05) is 36.4 Å². The Kier molecular flexibility index (Phi) is 7.63. The Morgan fingerprint density at radius 3 is 2.84 bits per heavy atom. The van der Waals surface area contributed by atoms with Gasteiger partial charge in [0.2, 0.25) is 12.4 Å². The van der Waals surface area contributed by atoms with E-state index in [-0.39, 0.29) is 37.1 Å². The van der Waals surface area contributed by atoms with E-state index in [9.17, 15) is 14.4 Å². The number of hydrogen-bond acceptors (Lipinski definition) is 6. The molecular weight excluding hydrogens is 591 g/mol. The Morgan fingerprint density at radius 2 is 2.11 bits per heavy atom. The Labute approximate surface area is 267 Å². The van der Waals surface area contributed by atoms with Gasteiger partial charge in [0.15, 0.2) is 5.83 Å². The third-order valence-electron chi connectivity index (χ3n) is 10.1. The van der Waals surface area contributed by atoms with Crippen molar-refractivity contribution in [3.8, 4) is 23.1 Å². The molecule has 4 aliphatic rings. The number of fused-ring (bicyclic) bond motifs is 4. The molecule has 2 aliphatic heterocycles. The van der Waals surface area contributed by atoms with Crippen molar-refractivity contribution in [2.24, 2.45) is 5.92 Å². The van der Waals surface area contributed by atoms with Gasteiger partial charge in [-0.15, -0.1) is 0 Å². The van der Waals surface area contributed by atoms with E-state index in [1.165, 1.54) is 22.4 Å². The SMILES string of the molecule is [C-]#[N+]C[C@H]1CN(c2c(C#N)c(OC[C@@H]3CCCN3C)nc3cc(-c4cccc5c4C4CC4C5)c(Cl)cc23)CCN1C(=O)C(=C)F. The molecule has 2 unspecified atom stereocenters. The van der Waals surface area contributed by atoms with Crippen LogP contribution in [0.4, 0.5) is 10.1 Å². The van der Waals surface area contributed by atoms with Crippen molar-refractivity contribution in [1.82, 2.24) is 14.8 Å². The molecule has 3 heterocycles. The number of rotatable bonds is 7. The van der Waals surface area contributed by atoms with E-state index >= 15 is 0 Å². The lowest BCUT2D eigenvalue weighted by atomic mass is 9.93. The van der Waals surface area contributed by atoms with Gasteiger partial charge in [-0.25, -0.2) is 15.9 Å². The van der Waals surface area contributed by atoms with Gasteiger partial charge in [-0.3, -0.25) is 4.79 Å². The number of nitrogens with zero attached hydrogens (tertiary/aromatic N) is 6. The topological polar surface area (TPSA) is 77.1 Å². The molecule has 3 aromatic rings. The molecule has 0 radical (unpaired) electrons. The van der Waals surface area contributed by atoms with Crippen LogP contribution in [0.1, 0.15) is 41.9 Å². The molecule has 10 heteroatoms. The molecule has 2 aliphatic carbocycles. The first-order valence-electron chi connectivity index (χ1n) is 15.5. The lowest BCUT2D eigenvalue weighted by molar-refractivity contribution is -0.131. The fourth-order valence-electron chi connectivity index (χ4n) is 7.67. The van der Waals surface area contributed by atoms with Crippen molar-refractivity contribution >= 4 is 34.1 Å². The van der Waals surface area contributed by atoms with E-state index in [1.807, 2.05) is 17.0 Å². The molecule has 1 saturated carbocycles. The highest BCUT2D eigenvalue weighted by Gasteiger charge is 2.46. The molecular formula is C35H34ClFN6O2. The summed E-state index contributed by atoms with van der Waals surface area (Å²) in [4.78, 5) is 26.7. The van der Waals surface area contributed by atoms with Crippen LogP contribution in [0.25, 0.3) is 26.9 Å². The van der Waals surface area contributed by atoms with Crippen LogP contribution < -0.4 is 9.64 Å². The van der Waals surface area contributed by atoms with E-state index in [2.05, 4.69) is 47.6 Å². The number of halogens is 2. The van der Waals surface area contributed by atoms with E-state index in [1.54, 1.807) is 0 Å². The number of carbonyl (C=O) groups is 1. The summed E-state index contributed by atoms with van der Waals surface area (Å²) in [6, 6.07) is 12.3. The maximum absolute atomic E-state index is 13.9. The second-order valence-corrected chi connectivity index (χ2v) is 13.1. The molecule has 3 fully saturated rings. The molecule has 4 atom stereocenters. The van der Waals surface area contributed by atoms with Crippen LogP contribution in [0.3, 0.4) is 0 Å². The highest BCUT2D eigenvalue weighted by molar-refractivity contribution is 6.34. The van der Waals surface area contributed by atoms with Gasteiger partial charge in [0, 0.05) is 41.6 Å². The minimum absolute atomic E-state index is 0.00994. The quantitative estimate of drug-likeness (QED) is 0.238. The standard InChI is InChI=1S/C35H34ClFN6O2/c1-20(37)35(44)43-11-10-42(18-24(43)17-39-2)33-28-14-30(36)27(25-8-4-6-21-12-22-13-26(22)32(21)25)15-31(28)40-34(29(33)16-38)45-19-23-7-5-9-41(23)3/h4,6,8,14-15,22-24,26H,1,5,7,9-13,17-19H2,3H3/t22?,23-,24-,26?/m0/s1. The van der Waals surface area contributed by atoms with Gasteiger partial charge in [0.05, 0.1) is 11.2 Å². The maximum atomic E-state index is 13.9. The van der Waals surface area contributed by atoms with Gasteiger partial charge in [-0.2, -0.15) is 5.26 Å². The number of nitriles is 1. The van der Waals surface area contributed by atoms with E-state index in [0.717, 1.165) is 42.9 Å². The van der Waals surface area contributed by atoms with Crippen molar-refractivity contribution in [2.75, 3.05) is 51.3 Å². The first-order chi connectivity index (χ1) is 21.8. The van der Waals surface area contributed by atoms with Gasteiger partial charge in [-0.05, 0) is 79.9 Å². The van der Waals surface area contributed by atoms with Crippen molar-refractivity contribution in [1.29, 1.82) is 5.26 Å². The van der Waals surface area contributed by atoms with Crippen LogP contribution >= 0.6 is 11.6 Å². The lowest BCUT2D eigenvalue weighted by Crippen LogP contribution is -2.56. The number of anilines is 1. The Bertz CT molecular complexity index is 1810. The molecule has 8 nitrogen and oxygen atoms in total. The molecule has 45 heavy (non-hydrogen) atoms. The fourth-order valence-corrected chi connectivity index (χ4v) is 7.93. The van der Waals surface area contributed by atoms with Crippen LogP contribution in [0.5, 0.6) is 5.88 Å². The van der Waals surface area contributed by atoms with E-state index in [4.69, 9.17) is 27.9 Å². The second-order valence-electron chi connectivity index (χ2n) is 12.7. The zero-order chi connectivity index (χ0) is 31.4. The number of ether oxygens (including phenoxy) is 1. The van der Waals surface area contributed by atoms with Gasteiger partial charge in [0.25, 0.3) is 5.91 Å². The average Bonchev–Trinajstić information content (AvgIpc) is 3.51. The normalized spacial score (nSPS) is 23.8. The molecule has 1 aromatic heterocycles. The number of likely N-dealkylation sites (N-methyl/N-ethyl adjacent to an activating group) is 1. The van der Waals surface area contributed by atoms with E-state index in [0.29, 0.717) is 40.7 Å². The molecule has 7 rings (SSSR count). The third-order valence-corrected chi connectivity index (χ3v) is 10.4. The predicted molar refractivity (Wildman–Crippen MR) is 172 cm³/mol. The number of aromatic nitrogens is 1. The Balaban J connectivity index is 1.35. The maximum Gasteiger partial charge on any atom is 0.282 e. The summed E-state index contributed by atoms with van der Waals surface area (Å²) in [5, 5.41) is 11.8. The van der Waals surface area contributed by atoms with E-state index < -0.39 is 17.8 Å². The van der Waals surface area contributed by atoms with Gasteiger partial charge >= 0.3 is 0 Å². The zero-order valence-electron chi connectivity index (χ0n) is 25.2. The number of benzene rings is 2. The number of piperazine rings is 1. The molecule has 2 saturated heterocycles. The van der Waals surface area contributed by atoms with Crippen LogP contribution in [-0.4, -0.2) is 79.2 Å². The highest BCUT2D eigenvalue weighted by Crippen LogP contribution is 2.59. The largest absolute Gasteiger partial charge is 0.475 e. The first-order valence-corrected chi connectivity index (χ1v) is 15.9. The Hall–Kier alpha value is -4.18. The summed E-state index contributed by atoms with van der Waals surface area (Å²) in [7, 11) is 2.08. The zero-order valence-corrected chi connectivity index (χ0v) is 26.0. The first kappa shape index (κ1) is 29.5. The molecule has 230 valence electrons. The summed E-state index contributed by atoms with van der Waals surface area (Å²) in [6.45, 7) is 12.8. The van der Waals surface area contributed by atoms with Gasteiger partial charge < -0.3 is 24.3 Å². The van der Waals surface area contributed by atoms with Crippen LogP contribution in [0, 0.1) is 23.8 Å². The van der Waals surface area contributed by atoms with Crippen LogP contribution in [0.2, 0.25) is 5.02 Å². The summed E-state index contributed by atoms with van der Waals surface area (Å²) >= 11 is 7.08. The third kappa shape index (κ3) is 5.18. The lowest BCUT2D eigenvalue weighted by Gasteiger charge is -2.40. The van der Waals surface area contributed by atoms with Crippen molar-refractivity contribution in [3.05, 3.63) is 75.9 Å². The molecule has 0 spiro atoms. The average molecular weight is 625 g/mol. The summed E-state index contributed by atoms with van der Waals surface area (Å²) in [5.74, 6) is -0.308. The highest BCUT2D eigenvalue weighted by atomic mass is 35.5. The van der Waals surface area contributed by atoms with Crippen molar-refractivity contribution < 1.29 is 13.9 Å². The van der Waals surface area contributed by atoms with Crippen molar-refractivity contribution in [2.45, 2.75) is 43.7 Å². The number of likely N-dealkylation sites (tertiary alicyclic amines) is 1. The monoisotopic (exact) mass is 624 g/mol. The smallest absolute Gasteiger partial charge is 0.282 e. The van der Waals surface area contributed by atoms with Gasteiger partial charge in [0.1, 0.15) is 24.3 Å². The molecule has 1 amide bonds. The molecule has 0 N–H and O–H groups in total. The van der Waals surface area contributed by atoms with Crippen LogP contribution in [-0.2, 0) is 11.2 Å². The fraction of sp³-hybridized carbons (Fsp3) is 0.429. The number of pyridine rings is 1. The number of amides is 1. The predicted octanol–water partition coefficient (Wildman–Crippen LogP) is 5.98. The minimum Gasteiger partial charge on any atom is -0.475 e. The summed E-state index contributed by atoms with van der Waals surface area (Å²) in [5.41, 5.74) is 6.34. The second kappa shape index (κ2) is 11.6. The Morgan fingerprint density at radius 1 is 1.27 bits per heavy atom. The summed E-state index contributed by atoms with van der Waals surface area (Å²) < 4.78 is 20.3. The van der Waals surface area contributed by atoms with Crippen molar-refractivity contribution in [3.63, 3.8) is 0 Å². The number of carbonyl (C=O) groups excluding carboxylic acids is 1. The number of hydrogen-bond donors (Lipinski definition) is 0. The summed E-state index contributed by atoms with van der Waals surface area (Å²) in [6.07, 6.45) is 4.42.